The number of aromatic nitrogens is 1. The monoisotopic (exact) mass is 628 g/mol. The lowest BCUT2D eigenvalue weighted by molar-refractivity contribution is 0.0924. The second-order valence-electron chi connectivity index (χ2n) is 11.3. The summed E-state index contributed by atoms with van der Waals surface area (Å²) in [5.41, 5.74) is 0.418. The predicted molar refractivity (Wildman–Crippen MR) is 186 cm³/mol. The van der Waals surface area contributed by atoms with Crippen molar-refractivity contribution in [1.29, 1.82) is 0 Å². The van der Waals surface area contributed by atoms with Gasteiger partial charge in [0.15, 0.2) is 5.69 Å². The van der Waals surface area contributed by atoms with Gasteiger partial charge in [-0.15, -0.1) is 0 Å². The highest BCUT2D eigenvalue weighted by Gasteiger charge is 2.29. The number of carbonyl (C=O) groups excluding carboxylic acids is 1. The third-order valence-electron chi connectivity index (χ3n) is 7.70. The Labute approximate surface area is 270 Å². The Morgan fingerprint density at radius 1 is 1.02 bits per heavy atom. The molecule has 3 fully saturated rings. The van der Waals surface area contributed by atoms with E-state index in [9.17, 15) is 4.79 Å². The van der Waals surface area contributed by atoms with E-state index in [2.05, 4.69) is 58.9 Å². The number of carbonyl (C=O) groups is 1. The summed E-state index contributed by atoms with van der Waals surface area (Å²) in [7, 11) is 0. The number of hydrogen-bond donors (Lipinski definition) is 3. The molecule has 1 aromatic rings. The third-order valence-corrected chi connectivity index (χ3v) is 8.58. The highest BCUT2D eigenvalue weighted by molar-refractivity contribution is 7.96. The third kappa shape index (κ3) is 20.5. The lowest BCUT2D eigenvalue weighted by atomic mass is 10.1. The lowest BCUT2D eigenvalue weighted by Crippen LogP contribution is -2.40. The first-order chi connectivity index (χ1) is 21.0. The molecule has 0 unspecified atom stereocenters. The maximum atomic E-state index is 11.9. The quantitative estimate of drug-likeness (QED) is 0.153. The van der Waals surface area contributed by atoms with Gasteiger partial charge in [0.1, 0.15) is 5.76 Å². The van der Waals surface area contributed by atoms with Gasteiger partial charge in [-0.3, -0.25) is 9.10 Å². The van der Waals surface area contributed by atoms with Crippen LogP contribution >= 0.6 is 11.9 Å². The first-order valence-electron chi connectivity index (χ1n) is 17.6. The molecule has 2 aliphatic heterocycles. The van der Waals surface area contributed by atoms with Gasteiger partial charge in [-0.25, -0.2) is 0 Å². The Bertz CT molecular complexity index is 746. The van der Waals surface area contributed by atoms with Gasteiger partial charge < -0.3 is 25.2 Å². The summed E-state index contributed by atoms with van der Waals surface area (Å²) in [6.07, 6.45) is 17.0. The zero-order valence-electron chi connectivity index (χ0n) is 29.3. The van der Waals surface area contributed by atoms with Crippen molar-refractivity contribution < 1.29 is 14.4 Å². The van der Waals surface area contributed by atoms with Gasteiger partial charge in [-0.1, -0.05) is 77.9 Å². The first kappa shape index (κ1) is 41.9. The van der Waals surface area contributed by atoms with Crippen LogP contribution in [0, 0.1) is 0 Å². The fourth-order valence-electron chi connectivity index (χ4n) is 4.80. The summed E-state index contributed by atoms with van der Waals surface area (Å²) < 4.78 is 7.65. The van der Waals surface area contributed by atoms with Gasteiger partial charge in [-0.05, 0) is 97.1 Å². The van der Waals surface area contributed by atoms with Crippen molar-refractivity contribution in [1.82, 2.24) is 25.0 Å². The molecule has 1 amide bonds. The zero-order valence-corrected chi connectivity index (χ0v) is 30.1. The van der Waals surface area contributed by atoms with E-state index >= 15 is 0 Å². The van der Waals surface area contributed by atoms with Gasteiger partial charge in [0.2, 0.25) is 0 Å². The van der Waals surface area contributed by atoms with Crippen LogP contribution in [0.2, 0.25) is 0 Å². The van der Waals surface area contributed by atoms with E-state index in [1.54, 1.807) is 13.0 Å². The van der Waals surface area contributed by atoms with E-state index in [1.807, 2.05) is 25.8 Å². The number of nitrogens with one attached hydrogen (secondary N) is 2. The highest BCUT2D eigenvalue weighted by Crippen LogP contribution is 2.40. The smallest absolute Gasteiger partial charge is 0.273 e. The minimum Gasteiger partial charge on any atom is -0.397 e. The van der Waals surface area contributed by atoms with E-state index < -0.39 is 0 Å². The molecule has 3 aliphatic rings. The summed E-state index contributed by atoms with van der Waals surface area (Å²) in [5, 5.41) is 18.1. The molecule has 2 saturated heterocycles. The number of likely N-dealkylation sites (tertiary alicyclic amines) is 1. The van der Waals surface area contributed by atoms with Crippen molar-refractivity contribution in [3.8, 4) is 0 Å². The molecule has 0 spiro atoms. The molecule has 3 heterocycles. The summed E-state index contributed by atoms with van der Waals surface area (Å²) >= 11 is 1.89. The normalized spacial score (nSPS) is 17.6. The fraction of sp³-hybridized carbons (Fsp3) is 0.882. The van der Waals surface area contributed by atoms with Gasteiger partial charge in [0.25, 0.3) is 5.91 Å². The molecule has 1 aromatic heterocycles. The molecule has 1 aliphatic carbocycles. The van der Waals surface area contributed by atoms with Crippen LogP contribution in [-0.2, 0) is 0 Å². The zero-order chi connectivity index (χ0) is 32.3. The van der Waals surface area contributed by atoms with Crippen molar-refractivity contribution in [3.05, 3.63) is 17.5 Å². The molecule has 0 radical (unpaired) electrons. The second kappa shape index (κ2) is 28.4. The topological polar surface area (TPSA) is 93.9 Å². The Balaban J connectivity index is 0.000000645. The summed E-state index contributed by atoms with van der Waals surface area (Å²) in [6, 6.07) is 2.80. The van der Waals surface area contributed by atoms with Crippen LogP contribution in [0.25, 0.3) is 0 Å². The van der Waals surface area contributed by atoms with Gasteiger partial charge >= 0.3 is 0 Å². The first-order valence-corrected chi connectivity index (χ1v) is 18.8. The van der Waals surface area contributed by atoms with E-state index in [0.29, 0.717) is 11.6 Å². The van der Waals surface area contributed by atoms with Crippen LogP contribution in [-0.4, -0.2) is 89.6 Å². The maximum absolute atomic E-state index is 11.9. The number of amides is 1. The molecular weight excluding hydrogens is 558 g/mol. The van der Waals surface area contributed by atoms with Crippen LogP contribution < -0.4 is 10.6 Å². The van der Waals surface area contributed by atoms with Crippen LogP contribution in [0.4, 0.5) is 0 Å². The molecule has 0 bridgehead atoms. The molecule has 3 N–H and O–H groups in total. The average Bonchev–Trinajstić information content (AvgIpc) is 3.53. The molecule has 43 heavy (non-hydrogen) atoms. The van der Waals surface area contributed by atoms with E-state index in [0.717, 1.165) is 43.9 Å². The van der Waals surface area contributed by atoms with Gasteiger partial charge in [0, 0.05) is 43.8 Å². The minimum atomic E-state index is -0.110. The number of hydrogen-bond acceptors (Lipinski definition) is 8. The average molecular weight is 628 g/mol. The SMILES string of the molecule is CC.CCCC.CCC[C@@H](CC)NC(=O)c1cc(C2CC2)on1.CCO.CSN1CCC(NCCCN2CCCC2)CC1. The van der Waals surface area contributed by atoms with Crippen molar-refractivity contribution in [2.24, 2.45) is 0 Å². The number of piperidine rings is 1. The van der Waals surface area contributed by atoms with E-state index in [1.165, 1.54) is 84.2 Å². The number of unbranched alkanes of at least 4 members (excludes halogenated alkanes) is 1. The summed E-state index contributed by atoms with van der Waals surface area (Å²) in [5.74, 6) is 1.25. The predicted octanol–water partition coefficient (Wildman–Crippen LogP) is 7.50. The number of aliphatic hydroxyl groups excluding tert-OH is 1. The van der Waals surface area contributed by atoms with E-state index in [-0.39, 0.29) is 18.6 Å². The number of rotatable bonds is 13. The standard InChI is InChI=1S/C13H27N3S.C13H20N2O2.C4H10.C2H6O.C2H6/c1-17-16-11-5-13(6-12-16)14-7-4-10-15-8-2-3-9-15;1-3-5-10(4-2)14-13(16)11-8-12(17-15-11)9-6-7-9;1-3-4-2;1-2-3;1-2/h13-14H,2-12H2,1H3;8-10H,3-7H2,1-2H3,(H,14,16);3-4H2,1-2H3;3H,2H2,1H3;1-2H3/t;10-;;;/m.1.../s1. The lowest BCUT2D eigenvalue weighted by Gasteiger charge is -2.30. The van der Waals surface area contributed by atoms with Crippen molar-refractivity contribution in [2.45, 2.75) is 144 Å². The van der Waals surface area contributed by atoms with E-state index in [4.69, 9.17) is 9.63 Å². The Hall–Kier alpha value is -1.13. The second-order valence-corrected chi connectivity index (χ2v) is 12.2. The van der Waals surface area contributed by atoms with Crippen molar-refractivity contribution in [2.75, 3.05) is 52.1 Å². The number of aliphatic hydroxyl groups is 1. The maximum Gasteiger partial charge on any atom is 0.273 e. The fourth-order valence-corrected chi connectivity index (χ4v) is 5.38. The largest absolute Gasteiger partial charge is 0.397 e. The summed E-state index contributed by atoms with van der Waals surface area (Å²) in [6.45, 7) is 22.2. The molecule has 254 valence electrons. The highest BCUT2D eigenvalue weighted by atomic mass is 32.2. The van der Waals surface area contributed by atoms with Crippen LogP contribution in [0.1, 0.15) is 148 Å². The van der Waals surface area contributed by atoms with Gasteiger partial charge in [-0.2, -0.15) is 0 Å². The molecule has 9 heteroatoms. The minimum absolute atomic E-state index is 0.110. The Morgan fingerprint density at radius 3 is 2.12 bits per heavy atom. The molecular formula is C34H69N5O3S. The van der Waals surface area contributed by atoms with Gasteiger partial charge in [0.05, 0.1) is 0 Å². The molecule has 4 rings (SSSR count). The van der Waals surface area contributed by atoms with Crippen molar-refractivity contribution >= 4 is 17.9 Å². The summed E-state index contributed by atoms with van der Waals surface area (Å²) in [4.78, 5) is 14.5. The molecule has 1 saturated carbocycles. The molecule has 8 nitrogen and oxygen atoms in total. The van der Waals surface area contributed by atoms with Crippen LogP contribution in [0.5, 0.6) is 0 Å². The molecule has 0 aromatic carbocycles. The number of nitrogens with zero attached hydrogens (tertiary/aromatic N) is 3. The van der Waals surface area contributed by atoms with Crippen molar-refractivity contribution in [3.63, 3.8) is 0 Å². The Kier molecular flexibility index (Phi) is 27.6. The van der Waals surface area contributed by atoms with Crippen LogP contribution in [0.3, 0.4) is 0 Å². The van der Waals surface area contributed by atoms with Crippen LogP contribution in [0.15, 0.2) is 10.6 Å². The molecule has 1 atom stereocenters. The Morgan fingerprint density at radius 2 is 1.63 bits per heavy atom.